The van der Waals surface area contributed by atoms with Gasteiger partial charge in [-0.25, -0.2) is 9.99 Å². The van der Waals surface area contributed by atoms with Gasteiger partial charge in [-0.2, -0.15) is 5.10 Å². The van der Waals surface area contributed by atoms with E-state index < -0.39 is 0 Å². The first-order valence-corrected chi connectivity index (χ1v) is 13.3. The second-order valence-corrected chi connectivity index (χ2v) is 9.88. The lowest BCUT2D eigenvalue weighted by Gasteiger charge is -2.22. The van der Waals surface area contributed by atoms with E-state index in [9.17, 15) is 9.59 Å². The summed E-state index contributed by atoms with van der Waals surface area (Å²) in [6.07, 6.45) is 2.21. The van der Waals surface area contributed by atoms with Crippen LogP contribution < -0.4 is 10.3 Å². The molecule has 0 saturated heterocycles. The molecule has 0 aliphatic carbocycles. The number of carbonyl (C=O) groups is 1. The van der Waals surface area contributed by atoms with Crippen molar-refractivity contribution in [3.05, 3.63) is 100.0 Å². The van der Waals surface area contributed by atoms with Crippen molar-refractivity contribution in [1.82, 2.24) is 15.0 Å². The number of thioether (sulfide) groups is 1. The quantitative estimate of drug-likeness (QED) is 0.254. The maximum Gasteiger partial charge on any atom is 0.253 e. The summed E-state index contributed by atoms with van der Waals surface area (Å²) in [6.45, 7) is 2.04. The topological polar surface area (TPSA) is 87.7 Å². The maximum absolute atomic E-state index is 13.5. The lowest BCUT2D eigenvalue weighted by Crippen LogP contribution is -2.28. The third kappa shape index (κ3) is 5.59. The van der Waals surface area contributed by atoms with E-state index in [1.165, 1.54) is 17.8 Å². The van der Waals surface area contributed by atoms with Crippen LogP contribution in [0.15, 0.2) is 87.8 Å². The molecule has 7 nitrogen and oxygen atoms in total. The van der Waals surface area contributed by atoms with Crippen LogP contribution in [0, 0.1) is 0 Å². The minimum Gasteiger partial charge on any atom is -0.497 e. The maximum atomic E-state index is 13.5. The van der Waals surface area contributed by atoms with Gasteiger partial charge in [0.15, 0.2) is 5.16 Å². The molecule has 0 fully saturated rings. The molecule has 3 aromatic carbocycles. The smallest absolute Gasteiger partial charge is 0.253 e. The lowest BCUT2D eigenvalue weighted by molar-refractivity contribution is -0.130. The molecule has 0 bridgehead atoms. The molecule has 1 unspecified atom stereocenters. The Bertz CT molecular complexity index is 1510. The number of hydrazone groups is 1. The molecular weight excluding hydrogens is 484 g/mol. The average molecular weight is 513 g/mol. The van der Waals surface area contributed by atoms with Gasteiger partial charge in [-0.05, 0) is 46.5 Å². The van der Waals surface area contributed by atoms with E-state index in [1.807, 2.05) is 43.3 Å². The number of aryl methyl sites for hydroxylation is 1. The van der Waals surface area contributed by atoms with Crippen LogP contribution in [0.5, 0.6) is 5.75 Å². The SMILES string of the molecule is CCCc1cc(=O)[nH]c(SCC(=O)N2N=C(c3ccc4ccccc4c3)CC2c2ccc(OC)cc2)n1. The van der Waals surface area contributed by atoms with Gasteiger partial charge in [-0.1, -0.05) is 73.6 Å². The van der Waals surface area contributed by atoms with Gasteiger partial charge in [0.05, 0.1) is 24.6 Å². The Balaban J connectivity index is 1.42. The van der Waals surface area contributed by atoms with Crippen molar-refractivity contribution in [3.8, 4) is 5.75 Å². The summed E-state index contributed by atoms with van der Waals surface area (Å²) in [5, 5.41) is 9.12. The van der Waals surface area contributed by atoms with Crippen molar-refractivity contribution in [1.29, 1.82) is 0 Å². The van der Waals surface area contributed by atoms with Crippen molar-refractivity contribution in [3.63, 3.8) is 0 Å². The number of fused-ring (bicyclic) bond motifs is 1. The van der Waals surface area contributed by atoms with Crippen LogP contribution in [0.3, 0.4) is 0 Å². The second-order valence-electron chi connectivity index (χ2n) is 8.92. The van der Waals surface area contributed by atoms with E-state index in [-0.39, 0.29) is 23.3 Å². The molecule has 188 valence electrons. The highest BCUT2D eigenvalue weighted by atomic mass is 32.2. The van der Waals surface area contributed by atoms with Gasteiger partial charge >= 0.3 is 0 Å². The van der Waals surface area contributed by atoms with Crippen LogP contribution in [0.25, 0.3) is 10.8 Å². The number of hydrogen-bond acceptors (Lipinski definition) is 6. The molecule has 0 saturated carbocycles. The molecular formula is C29H28N4O3S. The fourth-order valence-corrected chi connectivity index (χ4v) is 5.25. The Morgan fingerprint density at radius 3 is 2.62 bits per heavy atom. The highest BCUT2D eigenvalue weighted by molar-refractivity contribution is 7.99. The molecule has 1 atom stereocenters. The van der Waals surface area contributed by atoms with E-state index in [4.69, 9.17) is 9.84 Å². The first-order chi connectivity index (χ1) is 18.0. The van der Waals surface area contributed by atoms with Gasteiger partial charge < -0.3 is 9.72 Å². The summed E-state index contributed by atoms with van der Waals surface area (Å²) in [7, 11) is 1.63. The molecule has 1 aliphatic rings. The molecule has 8 heteroatoms. The number of ether oxygens (including phenoxy) is 1. The predicted octanol–water partition coefficient (Wildman–Crippen LogP) is 5.35. The zero-order valence-electron chi connectivity index (χ0n) is 20.8. The number of nitrogens with zero attached hydrogens (tertiary/aromatic N) is 3. The minimum absolute atomic E-state index is 0.111. The number of nitrogens with one attached hydrogen (secondary N) is 1. The molecule has 4 aromatic rings. The summed E-state index contributed by atoms with van der Waals surface area (Å²) in [4.78, 5) is 32.7. The zero-order chi connectivity index (χ0) is 25.8. The first-order valence-electron chi connectivity index (χ1n) is 12.3. The first kappa shape index (κ1) is 24.8. The van der Waals surface area contributed by atoms with Gasteiger partial charge in [0.25, 0.3) is 11.5 Å². The van der Waals surface area contributed by atoms with Gasteiger partial charge in [-0.3, -0.25) is 9.59 Å². The molecule has 0 spiro atoms. The molecule has 37 heavy (non-hydrogen) atoms. The number of amides is 1. The van der Waals surface area contributed by atoms with Crippen molar-refractivity contribution >= 4 is 34.2 Å². The number of hydrogen-bond donors (Lipinski definition) is 1. The molecule has 5 rings (SSSR count). The monoisotopic (exact) mass is 512 g/mol. The predicted molar refractivity (Wildman–Crippen MR) is 147 cm³/mol. The number of aromatic amines is 1. The lowest BCUT2D eigenvalue weighted by atomic mass is 9.97. The molecule has 0 radical (unpaired) electrons. The fourth-order valence-electron chi connectivity index (χ4n) is 4.50. The molecule has 1 amide bonds. The number of benzene rings is 3. The van der Waals surface area contributed by atoms with Crippen LogP contribution in [-0.2, 0) is 11.2 Å². The van der Waals surface area contributed by atoms with Crippen LogP contribution in [0.4, 0.5) is 0 Å². The van der Waals surface area contributed by atoms with Gasteiger partial charge in [0.2, 0.25) is 0 Å². The highest BCUT2D eigenvalue weighted by Crippen LogP contribution is 2.35. The highest BCUT2D eigenvalue weighted by Gasteiger charge is 2.33. The van der Waals surface area contributed by atoms with E-state index in [2.05, 4.69) is 40.3 Å². The van der Waals surface area contributed by atoms with Crippen LogP contribution in [0.1, 0.15) is 42.6 Å². The van der Waals surface area contributed by atoms with Crippen LogP contribution >= 0.6 is 11.8 Å². The zero-order valence-corrected chi connectivity index (χ0v) is 21.6. The molecule has 1 aromatic heterocycles. The van der Waals surface area contributed by atoms with Gasteiger partial charge in [-0.15, -0.1) is 0 Å². The number of H-pyrrole nitrogens is 1. The summed E-state index contributed by atoms with van der Waals surface area (Å²) in [5.41, 5.74) is 3.37. The van der Waals surface area contributed by atoms with Gasteiger partial charge in [0.1, 0.15) is 5.75 Å². The average Bonchev–Trinajstić information content (AvgIpc) is 3.37. The summed E-state index contributed by atoms with van der Waals surface area (Å²) in [5.74, 6) is 0.720. The van der Waals surface area contributed by atoms with Crippen molar-refractivity contribution in [2.24, 2.45) is 5.10 Å². The molecule has 1 aliphatic heterocycles. The Morgan fingerprint density at radius 2 is 1.86 bits per heavy atom. The van der Waals surface area contributed by atoms with Crippen LogP contribution in [0.2, 0.25) is 0 Å². The number of rotatable bonds is 8. The number of aromatic nitrogens is 2. The van der Waals surface area contributed by atoms with E-state index in [0.29, 0.717) is 11.6 Å². The largest absolute Gasteiger partial charge is 0.497 e. The summed E-state index contributed by atoms with van der Waals surface area (Å²) >= 11 is 1.22. The standard InChI is InChI=1S/C29H28N4O3S/c1-3-6-23-16-27(34)31-29(30-23)37-18-28(35)33-26(20-11-13-24(36-2)14-12-20)17-25(32-33)22-10-9-19-7-4-5-8-21(19)15-22/h4-5,7-16,26H,3,6,17-18H2,1-2H3,(H,30,31,34). The minimum atomic E-state index is -0.237. The van der Waals surface area contributed by atoms with Crippen molar-refractivity contribution in [2.45, 2.75) is 37.4 Å². The summed E-state index contributed by atoms with van der Waals surface area (Å²) < 4.78 is 5.31. The Morgan fingerprint density at radius 1 is 1.08 bits per heavy atom. The summed E-state index contributed by atoms with van der Waals surface area (Å²) in [6, 6.07) is 23.5. The number of carbonyl (C=O) groups excluding carboxylic acids is 1. The van der Waals surface area contributed by atoms with Gasteiger partial charge in [0, 0.05) is 18.2 Å². The third-order valence-electron chi connectivity index (χ3n) is 6.36. The normalized spacial score (nSPS) is 15.1. The Hall–Kier alpha value is -3.91. The Labute approximate surface area is 219 Å². The van der Waals surface area contributed by atoms with E-state index in [1.54, 1.807) is 12.1 Å². The third-order valence-corrected chi connectivity index (χ3v) is 7.22. The van der Waals surface area contributed by atoms with Crippen LogP contribution in [-0.4, -0.2) is 39.5 Å². The number of methoxy groups -OCH3 is 1. The Kier molecular flexibility index (Phi) is 7.37. The molecule has 2 heterocycles. The van der Waals surface area contributed by atoms with Crippen molar-refractivity contribution in [2.75, 3.05) is 12.9 Å². The fraction of sp³-hybridized carbons (Fsp3) is 0.241. The van der Waals surface area contributed by atoms with Crippen molar-refractivity contribution < 1.29 is 9.53 Å². The van der Waals surface area contributed by atoms with E-state index >= 15 is 0 Å². The molecule has 1 N–H and O–H groups in total. The second kappa shape index (κ2) is 11.0. The van der Waals surface area contributed by atoms with E-state index in [0.717, 1.165) is 51.9 Å².